The highest BCUT2D eigenvalue weighted by molar-refractivity contribution is 5.88. The molecule has 252 valence electrons. The Morgan fingerprint density at radius 2 is 1.61 bits per heavy atom. The molecule has 1 amide bonds. The number of carbonyl (C=O) groups is 2. The van der Waals surface area contributed by atoms with Crippen LogP contribution >= 0.6 is 0 Å². The van der Waals surface area contributed by atoms with E-state index in [0.29, 0.717) is 32.2 Å². The molecule has 46 heavy (non-hydrogen) atoms. The van der Waals surface area contributed by atoms with Gasteiger partial charge in [0.2, 0.25) is 0 Å². The zero-order chi connectivity index (χ0) is 34.1. The third-order valence-electron chi connectivity index (χ3n) is 7.57. The van der Waals surface area contributed by atoms with E-state index in [1.54, 1.807) is 27.7 Å². The highest BCUT2D eigenvalue weighted by Crippen LogP contribution is 2.42. The van der Waals surface area contributed by atoms with E-state index in [1.807, 2.05) is 48.9 Å². The van der Waals surface area contributed by atoms with Crippen molar-refractivity contribution in [2.75, 3.05) is 37.8 Å². The van der Waals surface area contributed by atoms with E-state index < -0.39 is 11.1 Å². The van der Waals surface area contributed by atoms with Gasteiger partial charge >= 0.3 is 12.1 Å². The molecule has 1 aliphatic rings. The van der Waals surface area contributed by atoms with Crippen LogP contribution in [-0.2, 0) is 26.4 Å². The van der Waals surface area contributed by atoms with Crippen molar-refractivity contribution in [3.63, 3.8) is 0 Å². The Bertz CT molecular complexity index is 1450. The van der Waals surface area contributed by atoms with Crippen molar-refractivity contribution in [3.8, 4) is 22.5 Å². The number of hydrogen-bond acceptors (Lipinski definition) is 9. The summed E-state index contributed by atoms with van der Waals surface area (Å²) in [5.74, 6) is 0.0797. The Hall–Kier alpha value is -3.96. The number of nitrogens with zero attached hydrogens (tertiary/aromatic N) is 4. The second-order valence-electron chi connectivity index (χ2n) is 13.5. The van der Waals surface area contributed by atoms with Crippen LogP contribution in [0.1, 0.15) is 67.4 Å². The number of fused-ring (bicyclic) bond motifs is 5. The molecule has 0 radical (unpaired) electrons. The van der Waals surface area contributed by atoms with Crippen molar-refractivity contribution in [1.29, 1.82) is 0 Å². The smallest absolute Gasteiger partial charge is 0.407 e. The summed E-state index contributed by atoms with van der Waals surface area (Å²) in [6, 6.07) is 16.4. The normalized spacial score (nSPS) is 12.7. The van der Waals surface area contributed by atoms with Crippen LogP contribution in [0.25, 0.3) is 22.5 Å². The number of carbonyl (C=O) groups excluding carboxylic acids is 2. The number of aromatic nitrogens is 3. The van der Waals surface area contributed by atoms with Crippen molar-refractivity contribution >= 4 is 17.7 Å². The number of para-hydroxylation sites is 1. The van der Waals surface area contributed by atoms with Gasteiger partial charge in [-0.2, -0.15) is 0 Å². The van der Waals surface area contributed by atoms with Gasteiger partial charge in [0.05, 0.1) is 37.0 Å². The Balaban J connectivity index is 0.000000449. The van der Waals surface area contributed by atoms with Crippen molar-refractivity contribution < 1.29 is 29.3 Å². The van der Waals surface area contributed by atoms with E-state index in [2.05, 4.69) is 52.6 Å². The number of alkyl carbamates (subject to hydrolysis) is 1. The van der Waals surface area contributed by atoms with Gasteiger partial charge in [0.15, 0.2) is 0 Å². The van der Waals surface area contributed by atoms with E-state index in [9.17, 15) is 14.7 Å². The fourth-order valence-electron chi connectivity index (χ4n) is 4.68. The van der Waals surface area contributed by atoms with Crippen molar-refractivity contribution in [2.24, 2.45) is 11.8 Å². The van der Waals surface area contributed by atoms with Crippen LogP contribution in [0, 0.1) is 11.8 Å². The van der Waals surface area contributed by atoms with Gasteiger partial charge < -0.3 is 29.9 Å². The van der Waals surface area contributed by atoms with Gasteiger partial charge in [-0.15, -0.1) is 5.10 Å². The van der Waals surface area contributed by atoms with E-state index in [4.69, 9.17) is 14.6 Å². The number of benzene rings is 2. The number of aliphatic hydroxyl groups excluding tert-OH is 2. The summed E-state index contributed by atoms with van der Waals surface area (Å²) in [5, 5.41) is 30.8. The number of rotatable bonds is 11. The molecule has 0 aliphatic carbocycles. The number of nitrogens with one attached hydrogen (secondary N) is 1. The quantitative estimate of drug-likeness (QED) is 0.236. The molecule has 11 nitrogen and oxygen atoms in total. The minimum Gasteiger partial charge on any atom is -0.457 e. The Morgan fingerprint density at radius 1 is 0.957 bits per heavy atom. The van der Waals surface area contributed by atoms with Crippen molar-refractivity contribution in [2.45, 2.75) is 79.5 Å². The topological polar surface area (TPSA) is 139 Å². The van der Waals surface area contributed by atoms with Crippen LogP contribution < -0.4 is 10.2 Å². The summed E-state index contributed by atoms with van der Waals surface area (Å²) in [6.45, 7) is 16.9. The average Bonchev–Trinajstić information content (AvgIpc) is 3.45. The lowest BCUT2D eigenvalue weighted by Crippen LogP contribution is -2.36. The lowest BCUT2D eigenvalue weighted by atomic mass is 9.94. The molecule has 0 bridgehead atoms. The molecule has 0 unspecified atom stereocenters. The van der Waals surface area contributed by atoms with E-state index in [-0.39, 0.29) is 31.2 Å². The third-order valence-corrected chi connectivity index (χ3v) is 7.57. The minimum absolute atomic E-state index is 0.0579. The Labute approximate surface area is 272 Å². The molecule has 1 aromatic heterocycles. The SMILES string of the molecule is CC(C)C(=O)OC(C)(C)CO.CC(C)CCOC(=O)NCCN1Cc2ccccc2-c2c(nnn2C(C)(C)CO)-c2ccccc21. The predicted octanol–water partition coefficient (Wildman–Crippen LogP) is 5.39. The summed E-state index contributed by atoms with van der Waals surface area (Å²) >= 11 is 0. The first kappa shape index (κ1) is 36.5. The summed E-state index contributed by atoms with van der Waals surface area (Å²) in [4.78, 5) is 25.4. The monoisotopic (exact) mass is 637 g/mol. The number of aliphatic hydroxyl groups is 2. The van der Waals surface area contributed by atoms with E-state index >= 15 is 0 Å². The summed E-state index contributed by atoms with van der Waals surface area (Å²) < 4.78 is 12.1. The van der Waals surface area contributed by atoms with Crippen LogP contribution in [0.5, 0.6) is 0 Å². The fraction of sp³-hybridized carbons (Fsp3) is 0.543. The fourth-order valence-corrected chi connectivity index (χ4v) is 4.68. The highest BCUT2D eigenvalue weighted by Gasteiger charge is 2.31. The van der Waals surface area contributed by atoms with Gasteiger partial charge in [-0.3, -0.25) is 4.79 Å². The first-order valence-corrected chi connectivity index (χ1v) is 15.9. The lowest BCUT2D eigenvalue weighted by molar-refractivity contribution is -0.163. The van der Waals surface area contributed by atoms with Gasteiger partial charge in [0.1, 0.15) is 11.3 Å². The van der Waals surface area contributed by atoms with Crippen LogP contribution in [-0.4, -0.2) is 75.8 Å². The molecule has 2 aromatic carbocycles. The molecule has 4 rings (SSSR count). The van der Waals surface area contributed by atoms with Crippen LogP contribution in [0.2, 0.25) is 0 Å². The van der Waals surface area contributed by atoms with E-state index in [1.165, 1.54) is 0 Å². The second kappa shape index (κ2) is 16.0. The first-order valence-electron chi connectivity index (χ1n) is 15.9. The van der Waals surface area contributed by atoms with Gasteiger partial charge in [-0.25, -0.2) is 9.48 Å². The zero-order valence-corrected chi connectivity index (χ0v) is 28.5. The molecular formula is C35H51N5O6. The standard InChI is InChI=1S/C27H35N5O3.C8H16O3/c1-19(2)13-16-35-26(34)28-14-15-31-17-20-9-5-6-10-21(20)25-24(22-11-7-8-12-23(22)31)29-30-32(25)27(3,4)18-33;1-6(2)7(10)11-8(3,4)5-9/h5-12,19,33H,13-18H2,1-4H3,(H,28,34);6,9H,5H2,1-4H3. The number of esters is 1. The molecule has 0 saturated carbocycles. The largest absolute Gasteiger partial charge is 0.457 e. The molecule has 0 fully saturated rings. The maximum Gasteiger partial charge on any atom is 0.407 e. The number of anilines is 1. The lowest BCUT2D eigenvalue weighted by Gasteiger charge is -2.31. The predicted molar refractivity (Wildman–Crippen MR) is 179 cm³/mol. The number of amides is 1. The number of ether oxygens (including phenoxy) is 2. The van der Waals surface area contributed by atoms with E-state index in [0.717, 1.165) is 40.2 Å². The van der Waals surface area contributed by atoms with Crippen LogP contribution in [0.15, 0.2) is 48.5 Å². The molecule has 1 aliphatic heterocycles. The maximum atomic E-state index is 12.1. The molecule has 0 spiro atoms. The highest BCUT2D eigenvalue weighted by atomic mass is 16.6. The molecule has 3 aromatic rings. The molecule has 0 saturated heterocycles. The molecule has 11 heteroatoms. The third kappa shape index (κ3) is 9.53. The van der Waals surface area contributed by atoms with Crippen molar-refractivity contribution in [3.05, 3.63) is 54.1 Å². The zero-order valence-electron chi connectivity index (χ0n) is 28.5. The molecular weight excluding hydrogens is 586 g/mol. The van der Waals surface area contributed by atoms with Gasteiger partial charge in [-0.05, 0) is 51.7 Å². The van der Waals surface area contributed by atoms with Gasteiger partial charge in [-0.1, -0.05) is 75.4 Å². The maximum absolute atomic E-state index is 12.1. The summed E-state index contributed by atoms with van der Waals surface area (Å²) in [6.07, 6.45) is 0.461. The summed E-state index contributed by atoms with van der Waals surface area (Å²) in [5.41, 5.74) is 4.47. The minimum atomic E-state index is -0.749. The summed E-state index contributed by atoms with van der Waals surface area (Å²) in [7, 11) is 0. The molecule has 2 heterocycles. The van der Waals surface area contributed by atoms with Gasteiger partial charge in [0.25, 0.3) is 0 Å². The molecule has 0 atom stereocenters. The Kier molecular flexibility index (Phi) is 12.7. The molecule has 3 N–H and O–H groups in total. The second-order valence-corrected chi connectivity index (χ2v) is 13.5. The average molecular weight is 638 g/mol. The van der Waals surface area contributed by atoms with Crippen molar-refractivity contribution in [1.82, 2.24) is 20.3 Å². The van der Waals surface area contributed by atoms with Gasteiger partial charge in [0, 0.05) is 36.4 Å². The first-order chi connectivity index (χ1) is 21.7. The van der Waals surface area contributed by atoms with Crippen LogP contribution in [0.4, 0.5) is 10.5 Å². The van der Waals surface area contributed by atoms with Crippen LogP contribution in [0.3, 0.4) is 0 Å². The Morgan fingerprint density at radius 3 is 2.24 bits per heavy atom. The number of hydrogen-bond donors (Lipinski definition) is 3.